The number of carbonyl (C=O) groups excluding carboxylic acids is 3. The van der Waals surface area contributed by atoms with Gasteiger partial charge in [0.15, 0.2) is 0 Å². The van der Waals surface area contributed by atoms with E-state index in [-0.39, 0.29) is 11.1 Å². The molecule has 5 rings (SSSR count). The van der Waals surface area contributed by atoms with Crippen molar-refractivity contribution in [3.05, 3.63) is 96.4 Å². The minimum absolute atomic E-state index is 0.0981. The van der Waals surface area contributed by atoms with Crippen LogP contribution in [0.15, 0.2) is 69.6 Å². The largest absolute Gasteiger partial charge is 0.496 e. The van der Waals surface area contributed by atoms with Crippen molar-refractivity contribution in [2.75, 3.05) is 12.0 Å². The van der Waals surface area contributed by atoms with Crippen LogP contribution in [0.25, 0.3) is 0 Å². The Kier molecular flexibility index (Phi) is 5.68. The normalized spacial score (nSPS) is 19.0. The number of hydrogen-bond acceptors (Lipinski definition) is 6. The maximum atomic E-state index is 13.5. The van der Waals surface area contributed by atoms with Gasteiger partial charge in [0.2, 0.25) is 0 Å². The van der Waals surface area contributed by atoms with E-state index in [9.17, 15) is 24.5 Å². The Morgan fingerprint density at radius 1 is 0.886 bits per heavy atom. The first kappa shape index (κ1) is 23.2. The van der Waals surface area contributed by atoms with Crippen LogP contribution in [0.5, 0.6) is 5.75 Å². The molecular formula is C24H15Br2N3O6. The van der Waals surface area contributed by atoms with Crippen LogP contribution < -0.4 is 9.64 Å². The maximum absolute atomic E-state index is 13.5. The summed E-state index contributed by atoms with van der Waals surface area (Å²) in [4.78, 5) is 53.4. The van der Waals surface area contributed by atoms with Gasteiger partial charge in [0.05, 0.1) is 23.6 Å². The number of benzene rings is 3. The summed E-state index contributed by atoms with van der Waals surface area (Å²) in [6.07, 6.45) is 0. The van der Waals surface area contributed by atoms with Crippen LogP contribution in [-0.2, 0) is 4.79 Å². The topological polar surface area (TPSA) is 110 Å². The number of fused-ring (bicyclic) bond motifs is 1. The lowest BCUT2D eigenvalue weighted by Gasteiger charge is -2.50. The number of halogens is 2. The first-order chi connectivity index (χ1) is 16.7. The Hall–Kier alpha value is -3.57. The molecule has 9 nitrogen and oxygen atoms in total. The third-order valence-corrected chi connectivity index (χ3v) is 7.10. The number of ether oxygens (including phenoxy) is 1. The van der Waals surface area contributed by atoms with Gasteiger partial charge in [0, 0.05) is 26.3 Å². The molecule has 0 N–H and O–H groups in total. The Balaban J connectivity index is 1.65. The molecule has 0 bridgehead atoms. The zero-order valence-corrected chi connectivity index (χ0v) is 21.1. The zero-order chi connectivity index (χ0) is 25.0. The molecule has 1 fully saturated rings. The molecule has 11 heteroatoms. The summed E-state index contributed by atoms with van der Waals surface area (Å²) >= 11 is 6.81. The fourth-order valence-corrected chi connectivity index (χ4v) is 5.19. The number of methoxy groups -OCH3 is 1. The van der Waals surface area contributed by atoms with Gasteiger partial charge in [-0.3, -0.25) is 29.4 Å². The lowest BCUT2D eigenvalue weighted by Crippen LogP contribution is -2.67. The van der Waals surface area contributed by atoms with Crippen LogP contribution >= 0.6 is 31.9 Å². The molecule has 1 saturated heterocycles. The molecule has 35 heavy (non-hydrogen) atoms. The van der Waals surface area contributed by atoms with Crippen molar-refractivity contribution in [2.45, 2.75) is 12.1 Å². The minimum Gasteiger partial charge on any atom is -0.496 e. The van der Waals surface area contributed by atoms with E-state index in [1.165, 1.54) is 30.2 Å². The molecule has 2 aliphatic heterocycles. The van der Waals surface area contributed by atoms with Crippen LogP contribution in [0, 0.1) is 10.1 Å². The summed E-state index contributed by atoms with van der Waals surface area (Å²) in [5, 5.41) is 11.5. The van der Waals surface area contributed by atoms with Gasteiger partial charge >= 0.3 is 0 Å². The summed E-state index contributed by atoms with van der Waals surface area (Å²) < 4.78 is 7.05. The molecule has 2 heterocycles. The lowest BCUT2D eigenvalue weighted by molar-refractivity contribution is -0.385. The van der Waals surface area contributed by atoms with Crippen LogP contribution in [-0.4, -0.2) is 40.7 Å². The minimum atomic E-state index is -1.21. The van der Waals surface area contributed by atoms with Gasteiger partial charge in [0.1, 0.15) is 17.4 Å². The SMILES string of the molecule is COc1ccc(Br)cc1[C@@H]1[C@H](N2C(=O)c3cccc([N+](=O)[O-])c3C2=O)C(=O)N1c1ccc(Br)cc1. The third-order valence-electron chi connectivity index (χ3n) is 6.08. The van der Waals surface area contributed by atoms with E-state index in [2.05, 4.69) is 31.9 Å². The van der Waals surface area contributed by atoms with E-state index in [0.29, 0.717) is 21.5 Å². The first-order valence-corrected chi connectivity index (χ1v) is 11.9. The lowest BCUT2D eigenvalue weighted by atomic mass is 9.85. The summed E-state index contributed by atoms with van der Waals surface area (Å²) in [7, 11) is 1.48. The predicted molar refractivity (Wildman–Crippen MR) is 132 cm³/mol. The first-order valence-electron chi connectivity index (χ1n) is 10.3. The fourth-order valence-electron chi connectivity index (χ4n) is 4.55. The fraction of sp³-hybridized carbons (Fsp3) is 0.125. The molecule has 176 valence electrons. The Morgan fingerprint density at radius 3 is 2.23 bits per heavy atom. The molecule has 3 aromatic rings. The second kappa shape index (κ2) is 8.58. The number of nitro benzene ring substituents is 1. The highest BCUT2D eigenvalue weighted by Crippen LogP contribution is 2.48. The quantitative estimate of drug-likeness (QED) is 0.179. The smallest absolute Gasteiger partial charge is 0.282 e. The highest BCUT2D eigenvalue weighted by atomic mass is 79.9. The highest BCUT2D eigenvalue weighted by Gasteiger charge is 2.59. The molecule has 3 aromatic carbocycles. The van der Waals surface area contributed by atoms with Crippen molar-refractivity contribution in [3.63, 3.8) is 0 Å². The van der Waals surface area contributed by atoms with E-state index >= 15 is 0 Å². The van der Waals surface area contributed by atoms with E-state index in [0.717, 1.165) is 9.37 Å². The van der Waals surface area contributed by atoms with Crippen molar-refractivity contribution in [3.8, 4) is 5.75 Å². The number of imide groups is 1. The molecule has 2 atom stereocenters. The van der Waals surface area contributed by atoms with E-state index in [1.54, 1.807) is 42.5 Å². The van der Waals surface area contributed by atoms with Gasteiger partial charge in [0.25, 0.3) is 23.4 Å². The summed E-state index contributed by atoms with van der Waals surface area (Å²) in [6.45, 7) is 0. The number of hydrogen-bond donors (Lipinski definition) is 0. The van der Waals surface area contributed by atoms with Crippen molar-refractivity contribution in [2.24, 2.45) is 0 Å². The molecule has 0 unspecified atom stereocenters. The van der Waals surface area contributed by atoms with E-state index in [1.807, 2.05) is 0 Å². The average Bonchev–Trinajstić information content (AvgIpc) is 3.08. The third kappa shape index (κ3) is 3.53. The van der Waals surface area contributed by atoms with Crippen molar-refractivity contribution < 1.29 is 24.0 Å². The molecule has 2 aliphatic rings. The van der Waals surface area contributed by atoms with Crippen molar-refractivity contribution in [1.29, 1.82) is 0 Å². The van der Waals surface area contributed by atoms with Crippen LogP contribution in [0.2, 0.25) is 0 Å². The molecule has 0 spiro atoms. The van der Waals surface area contributed by atoms with Gasteiger partial charge in [-0.25, -0.2) is 0 Å². The number of nitro groups is 1. The summed E-state index contributed by atoms with van der Waals surface area (Å²) in [5.74, 6) is -1.65. The van der Waals surface area contributed by atoms with Crippen molar-refractivity contribution >= 4 is 61.0 Å². The zero-order valence-electron chi connectivity index (χ0n) is 18.0. The molecular weight excluding hydrogens is 586 g/mol. The number of rotatable bonds is 5. The number of β-lactam (4-membered cyclic amide) rings is 1. The Bertz CT molecular complexity index is 1430. The standard InChI is InChI=1S/C24H15Br2N3O6/c1-35-18-10-7-13(26)11-16(18)20-21(24(32)27(20)14-8-5-12(25)6-9-14)28-22(30)15-3-2-4-17(29(33)34)19(15)23(28)31/h2-11,20-21H,1H3/t20-,21+/m1/s1. The molecule has 0 aliphatic carbocycles. The van der Waals surface area contributed by atoms with Gasteiger partial charge < -0.3 is 9.64 Å². The second-order valence-electron chi connectivity index (χ2n) is 7.90. The number of anilines is 1. The number of amides is 3. The molecule has 3 amide bonds. The van der Waals surface area contributed by atoms with Gasteiger partial charge in [-0.1, -0.05) is 37.9 Å². The van der Waals surface area contributed by atoms with Gasteiger partial charge in [-0.15, -0.1) is 0 Å². The highest BCUT2D eigenvalue weighted by molar-refractivity contribution is 9.10. The maximum Gasteiger partial charge on any atom is 0.282 e. The Labute approximate surface area is 215 Å². The van der Waals surface area contributed by atoms with Crippen molar-refractivity contribution in [1.82, 2.24) is 4.90 Å². The monoisotopic (exact) mass is 599 g/mol. The molecule has 0 radical (unpaired) electrons. The Morgan fingerprint density at radius 2 is 1.57 bits per heavy atom. The van der Waals surface area contributed by atoms with Crippen LogP contribution in [0.4, 0.5) is 11.4 Å². The van der Waals surface area contributed by atoms with E-state index in [4.69, 9.17) is 4.74 Å². The van der Waals surface area contributed by atoms with Gasteiger partial charge in [-0.2, -0.15) is 0 Å². The second-order valence-corrected chi connectivity index (χ2v) is 9.73. The molecule has 0 saturated carbocycles. The average molecular weight is 601 g/mol. The van der Waals surface area contributed by atoms with Gasteiger partial charge in [-0.05, 0) is 48.5 Å². The number of nitrogens with zero attached hydrogens (tertiary/aromatic N) is 3. The number of carbonyl (C=O) groups is 3. The predicted octanol–water partition coefficient (Wildman–Crippen LogP) is 4.88. The summed E-state index contributed by atoms with van der Waals surface area (Å²) in [6, 6.07) is 14.1. The van der Waals surface area contributed by atoms with Crippen LogP contribution in [0.1, 0.15) is 32.3 Å². The summed E-state index contributed by atoms with van der Waals surface area (Å²) in [5.41, 5.74) is 0.248. The van der Waals surface area contributed by atoms with Crippen LogP contribution in [0.3, 0.4) is 0 Å². The molecule has 0 aromatic heterocycles. The van der Waals surface area contributed by atoms with E-state index < -0.39 is 40.4 Å².